The van der Waals surface area contributed by atoms with Crippen molar-refractivity contribution < 1.29 is 9.90 Å². The van der Waals surface area contributed by atoms with Crippen molar-refractivity contribution in [2.75, 3.05) is 0 Å². The molecule has 0 aliphatic heterocycles. The van der Waals surface area contributed by atoms with Gasteiger partial charge in [-0.25, -0.2) is 0 Å². The molecule has 0 saturated heterocycles. The maximum Gasteiger partial charge on any atom is 0.196 e. The molecule has 0 bridgehead atoms. The summed E-state index contributed by atoms with van der Waals surface area (Å²) in [4.78, 5) is 12.8. The van der Waals surface area contributed by atoms with Crippen molar-refractivity contribution in [3.05, 3.63) is 82.9 Å². The Balaban J connectivity index is 1.84. The van der Waals surface area contributed by atoms with E-state index in [0.717, 1.165) is 18.2 Å². The molecule has 0 radical (unpaired) electrons. The molecule has 1 N–H and O–H groups in total. The first-order valence-corrected chi connectivity index (χ1v) is 7.56. The van der Waals surface area contributed by atoms with Crippen LogP contribution in [0.5, 0.6) is 0 Å². The van der Waals surface area contributed by atoms with E-state index in [-0.39, 0.29) is 5.78 Å². The van der Waals surface area contributed by atoms with E-state index in [1.165, 1.54) is 16.5 Å². The lowest BCUT2D eigenvalue weighted by Crippen LogP contribution is -2.12. The van der Waals surface area contributed by atoms with Gasteiger partial charge in [0, 0.05) is 5.56 Å². The van der Waals surface area contributed by atoms with Gasteiger partial charge in [0.05, 0.1) is 0 Å². The molecule has 2 nitrogen and oxygen atoms in total. The molecule has 0 spiro atoms. The number of hydrogen-bond acceptors (Lipinski definition) is 2. The Morgan fingerprint density at radius 2 is 1.59 bits per heavy atom. The number of carbonyl (C=O) groups is 1. The highest BCUT2D eigenvalue weighted by atomic mass is 16.3. The minimum Gasteiger partial charge on any atom is -0.380 e. The normalized spacial score (nSPS) is 14.2. The average Bonchev–Trinajstić information content (AvgIpc) is 3.00. The van der Waals surface area contributed by atoms with E-state index < -0.39 is 6.10 Å². The fourth-order valence-electron chi connectivity index (χ4n) is 3.40. The van der Waals surface area contributed by atoms with Crippen LogP contribution in [0.25, 0.3) is 10.8 Å². The lowest BCUT2D eigenvalue weighted by molar-refractivity contribution is 0.0749. The molecule has 2 heteroatoms. The minimum atomic E-state index is -1.11. The number of ketones is 1. The summed E-state index contributed by atoms with van der Waals surface area (Å²) < 4.78 is 0. The number of rotatable bonds is 3. The van der Waals surface area contributed by atoms with E-state index in [2.05, 4.69) is 6.07 Å². The monoisotopic (exact) mass is 288 g/mol. The third-order valence-corrected chi connectivity index (χ3v) is 4.51. The van der Waals surface area contributed by atoms with Crippen molar-refractivity contribution in [3.63, 3.8) is 0 Å². The fourth-order valence-corrected chi connectivity index (χ4v) is 3.40. The van der Waals surface area contributed by atoms with Crippen LogP contribution in [0.15, 0.2) is 60.7 Å². The molecular weight excluding hydrogens is 272 g/mol. The standard InChI is InChI=1S/C20H16O2/c21-19(15-5-2-1-3-6-15)20(22)17-12-11-14-10-9-13-7-4-8-16(17)18(13)14/h1-8,11-12,19,21H,9-10H2/t19-/m0/s1. The molecule has 1 atom stereocenters. The first-order valence-electron chi connectivity index (χ1n) is 7.56. The van der Waals surface area contributed by atoms with Gasteiger partial charge in [0.2, 0.25) is 0 Å². The largest absolute Gasteiger partial charge is 0.380 e. The summed E-state index contributed by atoms with van der Waals surface area (Å²) in [5, 5.41) is 12.6. The predicted molar refractivity (Wildman–Crippen MR) is 87.1 cm³/mol. The zero-order chi connectivity index (χ0) is 15.1. The minimum absolute atomic E-state index is 0.234. The predicted octanol–water partition coefficient (Wildman–Crippen LogP) is 3.85. The number of benzene rings is 3. The molecule has 0 saturated carbocycles. The van der Waals surface area contributed by atoms with Gasteiger partial charge < -0.3 is 5.11 Å². The molecule has 4 rings (SSSR count). The van der Waals surface area contributed by atoms with Crippen molar-refractivity contribution in [2.45, 2.75) is 18.9 Å². The third kappa shape index (κ3) is 1.96. The van der Waals surface area contributed by atoms with Crippen LogP contribution in [0.3, 0.4) is 0 Å². The van der Waals surface area contributed by atoms with Gasteiger partial charge in [-0.05, 0) is 40.3 Å². The number of carbonyl (C=O) groups excluding carboxylic acids is 1. The van der Waals surface area contributed by atoms with Crippen LogP contribution in [-0.4, -0.2) is 10.9 Å². The van der Waals surface area contributed by atoms with Crippen molar-refractivity contribution in [1.82, 2.24) is 0 Å². The zero-order valence-corrected chi connectivity index (χ0v) is 12.1. The van der Waals surface area contributed by atoms with Crippen molar-refractivity contribution in [1.29, 1.82) is 0 Å². The van der Waals surface area contributed by atoms with Crippen LogP contribution in [0.1, 0.15) is 33.2 Å². The summed E-state index contributed by atoms with van der Waals surface area (Å²) in [5.41, 5.74) is 3.85. The van der Waals surface area contributed by atoms with E-state index >= 15 is 0 Å². The van der Waals surface area contributed by atoms with E-state index in [0.29, 0.717) is 11.1 Å². The Morgan fingerprint density at radius 1 is 0.864 bits per heavy atom. The van der Waals surface area contributed by atoms with Crippen LogP contribution in [0, 0.1) is 0 Å². The molecule has 3 aromatic rings. The summed E-state index contributed by atoms with van der Waals surface area (Å²) >= 11 is 0. The Hall–Kier alpha value is -2.45. The van der Waals surface area contributed by atoms with Crippen LogP contribution < -0.4 is 0 Å². The first-order chi connectivity index (χ1) is 10.8. The van der Waals surface area contributed by atoms with Gasteiger partial charge in [-0.2, -0.15) is 0 Å². The van der Waals surface area contributed by atoms with Crippen LogP contribution in [0.4, 0.5) is 0 Å². The number of aliphatic hydroxyl groups is 1. The second kappa shape index (κ2) is 5.08. The molecule has 0 heterocycles. The maximum atomic E-state index is 12.8. The summed E-state index contributed by atoms with van der Waals surface area (Å²) in [7, 11) is 0. The zero-order valence-electron chi connectivity index (χ0n) is 12.1. The molecule has 1 aliphatic rings. The number of hydrogen-bond donors (Lipinski definition) is 1. The van der Waals surface area contributed by atoms with Gasteiger partial charge in [0.15, 0.2) is 5.78 Å². The molecular formula is C20H16O2. The fraction of sp³-hybridized carbons (Fsp3) is 0.150. The van der Waals surface area contributed by atoms with Crippen LogP contribution in [-0.2, 0) is 12.8 Å². The van der Waals surface area contributed by atoms with E-state index in [1.54, 1.807) is 12.1 Å². The van der Waals surface area contributed by atoms with Gasteiger partial charge >= 0.3 is 0 Å². The lowest BCUT2D eigenvalue weighted by atomic mass is 9.93. The number of aliphatic hydroxyl groups excluding tert-OH is 1. The first kappa shape index (κ1) is 13.2. The Kier molecular flexibility index (Phi) is 3.05. The van der Waals surface area contributed by atoms with Gasteiger partial charge in [-0.3, -0.25) is 4.79 Å². The van der Waals surface area contributed by atoms with Crippen molar-refractivity contribution >= 4 is 16.6 Å². The highest BCUT2D eigenvalue weighted by Crippen LogP contribution is 2.34. The Morgan fingerprint density at radius 3 is 2.36 bits per heavy atom. The highest BCUT2D eigenvalue weighted by Gasteiger charge is 2.23. The topological polar surface area (TPSA) is 37.3 Å². The number of Topliss-reactive ketones (excluding diaryl/α,β-unsaturated/α-hetero) is 1. The number of aryl methyl sites for hydroxylation is 2. The van der Waals surface area contributed by atoms with E-state index in [4.69, 9.17) is 0 Å². The van der Waals surface area contributed by atoms with Crippen LogP contribution in [0.2, 0.25) is 0 Å². The second-order valence-corrected chi connectivity index (χ2v) is 5.79. The Labute approximate surface area is 129 Å². The van der Waals surface area contributed by atoms with Gasteiger partial charge in [-0.15, -0.1) is 0 Å². The lowest BCUT2D eigenvalue weighted by Gasteiger charge is -2.13. The molecule has 0 aromatic heterocycles. The van der Waals surface area contributed by atoms with Crippen LogP contribution >= 0.6 is 0 Å². The summed E-state index contributed by atoms with van der Waals surface area (Å²) in [6.45, 7) is 0. The maximum absolute atomic E-state index is 12.8. The molecule has 0 amide bonds. The highest BCUT2D eigenvalue weighted by molar-refractivity contribution is 6.11. The Bertz CT molecular complexity index is 855. The molecule has 108 valence electrons. The molecule has 1 aliphatic carbocycles. The van der Waals surface area contributed by atoms with Crippen molar-refractivity contribution in [3.8, 4) is 0 Å². The molecule has 3 aromatic carbocycles. The van der Waals surface area contributed by atoms with Gasteiger partial charge in [0.25, 0.3) is 0 Å². The average molecular weight is 288 g/mol. The molecule has 22 heavy (non-hydrogen) atoms. The molecule has 0 fully saturated rings. The third-order valence-electron chi connectivity index (χ3n) is 4.51. The van der Waals surface area contributed by atoms with Gasteiger partial charge in [-0.1, -0.05) is 60.7 Å². The van der Waals surface area contributed by atoms with E-state index in [9.17, 15) is 9.90 Å². The summed E-state index contributed by atoms with van der Waals surface area (Å²) in [6.07, 6.45) is 0.955. The quantitative estimate of drug-likeness (QED) is 0.743. The second-order valence-electron chi connectivity index (χ2n) is 5.79. The summed E-state index contributed by atoms with van der Waals surface area (Å²) in [6, 6.07) is 19.1. The SMILES string of the molecule is O=C(c1ccc2c3c(cccc13)CC2)[C@@H](O)c1ccccc1. The molecule has 0 unspecified atom stereocenters. The smallest absolute Gasteiger partial charge is 0.196 e. The summed E-state index contributed by atoms with van der Waals surface area (Å²) in [5.74, 6) is -0.234. The van der Waals surface area contributed by atoms with Crippen molar-refractivity contribution in [2.24, 2.45) is 0 Å². The van der Waals surface area contributed by atoms with E-state index in [1.807, 2.05) is 42.5 Å². The van der Waals surface area contributed by atoms with Gasteiger partial charge in [0.1, 0.15) is 6.10 Å².